The molecule has 0 unspecified atom stereocenters. The minimum atomic E-state index is 0.508. The molecule has 1 aliphatic heterocycles. The van der Waals surface area contributed by atoms with Crippen LogP contribution in [-0.2, 0) is 11.2 Å². The topological polar surface area (TPSA) is 33.6 Å². The lowest BCUT2D eigenvalue weighted by molar-refractivity contribution is 0.270. The molecule has 22 heavy (non-hydrogen) atoms. The SMILES string of the molecule is C\C=C(/C=C\C(=C/C)OCC1=NCCN1)Cc1ccccc1. The molecule has 0 bridgehead atoms. The summed E-state index contributed by atoms with van der Waals surface area (Å²) in [5, 5.41) is 3.21. The zero-order valence-corrected chi connectivity index (χ0v) is 13.4. The van der Waals surface area contributed by atoms with Crippen LogP contribution in [0.1, 0.15) is 19.4 Å². The number of hydrogen-bond acceptors (Lipinski definition) is 3. The highest BCUT2D eigenvalue weighted by Gasteiger charge is 2.05. The van der Waals surface area contributed by atoms with Gasteiger partial charge in [-0.2, -0.15) is 0 Å². The van der Waals surface area contributed by atoms with Crippen molar-refractivity contribution in [3.8, 4) is 0 Å². The van der Waals surface area contributed by atoms with Gasteiger partial charge in [-0.15, -0.1) is 0 Å². The lowest BCUT2D eigenvalue weighted by atomic mass is 10.0. The molecule has 0 saturated heterocycles. The first-order chi connectivity index (χ1) is 10.8. The number of allylic oxidation sites excluding steroid dienone is 5. The van der Waals surface area contributed by atoms with E-state index in [-0.39, 0.29) is 0 Å². The summed E-state index contributed by atoms with van der Waals surface area (Å²) in [5.74, 6) is 1.80. The summed E-state index contributed by atoms with van der Waals surface area (Å²) in [4.78, 5) is 4.33. The van der Waals surface area contributed by atoms with E-state index in [4.69, 9.17) is 4.74 Å². The lowest BCUT2D eigenvalue weighted by Gasteiger charge is -2.08. The van der Waals surface area contributed by atoms with Crippen LogP contribution in [0.5, 0.6) is 0 Å². The molecule has 0 saturated carbocycles. The molecule has 0 radical (unpaired) electrons. The Morgan fingerprint density at radius 3 is 2.64 bits per heavy atom. The Labute approximate surface area is 133 Å². The maximum atomic E-state index is 5.77. The van der Waals surface area contributed by atoms with Gasteiger partial charge >= 0.3 is 0 Å². The van der Waals surface area contributed by atoms with Gasteiger partial charge in [-0.1, -0.05) is 42.5 Å². The minimum Gasteiger partial charge on any atom is -0.486 e. The molecular weight excluding hydrogens is 272 g/mol. The van der Waals surface area contributed by atoms with E-state index >= 15 is 0 Å². The molecule has 0 spiro atoms. The molecule has 2 rings (SSSR count). The molecular formula is C19H24N2O. The van der Waals surface area contributed by atoms with Crippen molar-refractivity contribution in [1.29, 1.82) is 0 Å². The van der Waals surface area contributed by atoms with Crippen LogP contribution in [0.4, 0.5) is 0 Å². The zero-order chi connectivity index (χ0) is 15.6. The molecule has 0 aromatic heterocycles. The number of aliphatic imine (C=N–C) groups is 1. The molecule has 1 heterocycles. The lowest BCUT2D eigenvalue weighted by Crippen LogP contribution is -2.23. The summed E-state index contributed by atoms with van der Waals surface area (Å²) in [6, 6.07) is 10.5. The van der Waals surface area contributed by atoms with E-state index in [0.717, 1.165) is 31.1 Å². The van der Waals surface area contributed by atoms with Crippen LogP contribution in [0, 0.1) is 0 Å². The fraction of sp³-hybridized carbons (Fsp3) is 0.316. The number of nitrogens with zero attached hydrogens (tertiary/aromatic N) is 1. The summed E-state index contributed by atoms with van der Waals surface area (Å²) in [6.07, 6.45) is 9.18. The van der Waals surface area contributed by atoms with Gasteiger partial charge < -0.3 is 10.1 Å². The predicted octanol–water partition coefficient (Wildman–Crippen LogP) is 3.65. The van der Waals surface area contributed by atoms with Gasteiger partial charge in [0.25, 0.3) is 0 Å². The molecule has 0 atom stereocenters. The predicted molar refractivity (Wildman–Crippen MR) is 93.1 cm³/mol. The van der Waals surface area contributed by atoms with E-state index in [2.05, 4.69) is 53.7 Å². The highest BCUT2D eigenvalue weighted by Crippen LogP contribution is 2.11. The molecule has 0 aliphatic carbocycles. The highest BCUT2D eigenvalue weighted by atomic mass is 16.5. The first-order valence-electron chi connectivity index (χ1n) is 7.75. The molecule has 0 amide bonds. The van der Waals surface area contributed by atoms with Crippen LogP contribution in [0.2, 0.25) is 0 Å². The van der Waals surface area contributed by atoms with Gasteiger partial charge in [-0.25, -0.2) is 0 Å². The molecule has 1 N–H and O–H groups in total. The van der Waals surface area contributed by atoms with E-state index in [1.165, 1.54) is 11.1 Å². The molecule has 1 aliphatic rings. The van der Waals surface area contributed by atoms with Crippen LogP contribution in [-0.4, -0.2) is 25.5 Å². The van der Waals surface area contributed by atoms with Gasteiger partial charge in [0.2, 0.25) is 0 Å². The average Bonchev–Trinajstić information content (AvgIpc) is 3.08. The zero-order valence-electron chi connectivity index (χ0n) is 13.4. The van der Waals surface area contributed by atoms with Gasteiger partial charge in [0, 0.05) is 6.54 Å². The number of nitrogens with one attached hydrogen (secondary N) is 1. The monoisotopic (exact) mass is 296 g/mol. The van der Waals surface area contributed by atoms with Crippen molar-refractivity contribution in [3.63, 3.8) is 0 Å². The summed E-state index contributed by atoms with van der Waals surface area (Å²) in [5.41, 5.74) is 2.58. The van der Waals surface area contributed by atoms with Gasteiger partial charge in [0.05, 0.1) is 6.54 Å². The van der Waals surface area contributed by atoms with Crippen LogP contribution in [0.3, 0.4) is 0 Å². The van der Waals surface area contributed by atoms with E-state index in [1.54, 1.807) is 0 Å². The number of rotatable bonds is 7. The number of amidine groups is 1. The van der Waals surface area contributed by atoms with Gasteiger partial charge in [0.1, 0.15) is 18.2 Å². The Hall–Kier alpha value is -2.29. The quantitative estimate of drug-likeness (QED) is 0.615. The van der Waals surface area contributed by atoms with Crippen LogP contribution in [0.25, 0.3) is 0 Å². The Morgan fingerprint density at radius 1 is 1.18 bits per heavy atom. The normalized spacial score (nSPS) is 15.8. The van der Waals surface area contributed by atoms with Gasteiger partial charge in [-0.05, 0) is 43.6 Å². The summed E-state index contributed by atoms with van der Waals surface area (Å²) in [6.45, 7) is 6.32. The van der Waals surface area contributed by atoms with Crippen molar-refractivity contribution in [2.24, 2.45) is 4.99 Å². The molecule has 1 aromatic rings. The average molecular weight is 296 g/mol. The van der Waals surface area contributed by atoms with E-state index in [1.807, 2.05) is 25.1 Å². The fourth-order valence-electron chi connectivity index (χ4n) is 2.20. The third-order valence-electron chi connectivity index (χ3n) is 3.49. The molecule has 1 aromatic carbocycles. The Bertz CT molecular complexity index is 583. The second-order valence-electron chi connectivity index (χ2n) is 5.09. The summed E-state index contributed by atoms with van der Waals surface area (Å²) >= 11 is 0. The van der Waals surface area contributed by atoms with Crippen LogP contribution < -0.4 is 5.32 Å². The maximum absolute atomic E-state index is 5.77. The summed E-state index contributed by atoms with van der Waals surface area (Å²) < 4.78 is 5.77. The largest absolute Gasteiger partial charge is 0.486 e. The van der Waals surface area contributed by atoms with Crippen molar-refractivity contribution in [3.05, 3.63) is 71.5 Å². The van der Waals surface area contributed by atoms with Crippen molar-refractivity contribution < 1.29 is 4.74 Å². The number of benzene rings is 1. The second kappa shape index (κ2) is 8.88. The molecule has 0 fully saturated rings. The van der Waals surface area contributed by atoms with Crippen molar-refractivity contribution in [2.45, 2.75) is 20.3 Å². The number of hydrogen-bond donors (Lipinski definition) is 1. The summed E-state index contributed by atoms with van der Waals surface area (Å²) in [7, 11) is 0. The van der Waals surface area contributed by atoms with Crippen molar-refractivity contribution >= 4 is 5.84 Å². The van der Waals surface area contributed by atoms with Crippen LogP contribution >= 0.6 is 0 Å². The minimum absolute atomic E-state index is 0.508. The second-order valence-corrected chi connectivity index (χ2v) is 5.09. The smallest absolute Gasteiger partial charge is 0.145 e. The maximum Gasteiger partial charge on any atom is 0.145 e. The van der Waals surface area contributed by atoms with Gasteiger partial charge in [0.15, 0.2) is 0 Å². The van der Waals surface area contributed by atoms with Crippen molar-refractivity contribution in [2.75, 3.05) is 19.7 Å². The molecule has 116 valence electrons. The Kier molecular flexibility index (Phi) is 6.49. The van der Waals surface area contributed by atoms with E-state index in [9.17, 15) is 0 Å². The van der Waals surface area contributed by atoms with Crippen molar-refractivity contribution in [1.82, 2.24) is 5.32 Å². The third kappa shape index (κ3) is 5.24. The molecule has 3 heteroatoms. The Morgan fingerprint density at radius 2 is 2.00 bits per heavy atom. The van der Waals surface area contributed by atoms with Crippen LogP contribution in [0.15, 0.2) is 71.0 Å². The Balaban J connectivity index is 1.89. The number of ether oxygens (including phenoxy) is 1. The van der Waals surface area contributed by atoms with E-state index < -0.39 is 0 Å². The fourth-order valence-corrected chi connectivity index (χ4v) is 2.20. The first kappa shape index (κ1) is 16.1. The standard InChI is InChI=1S/C19H24N2O/c1-3-16(14-17-8-6-5-7-9-17)10-11-18(4-2)22-15-19-20-12-13-21-19/h3-11H,12-15H2,1-2H3,(H,20,21)/b11-10-,16-3+,18-4+. The first-order valence-corrected chi connectivity index (χ1v) is 7.75. The van der Waals surface area contributed by atoms with E-state index in [0.29, 0.717) is 6.61 Å². The van der Waals surface area contributed by atoms with Gasteiger partial charge in [-0.3, -0.25) is 4.99 Å². The highest BCUT2D eigenvalue weighted by molar-refractivity contribution is 5.84. The molecule has 3 nitrogen and oxygen atoms in total. The third-order valence-corrected chi connectivity index (χ3v) is 3.49.